The van der Waals surface area contributed by atoms with Crippen LogP contribution in [0.15, 0.2) is 29.2 Å². The Hall–Kier alpha value is -2.21. The topological polar surface area (TPSA) is 67.5 Å². The molecule has 0 radical (unpaired) electrons. The fraction of sp³-hybridized carbons (Fsp3) is 0.231. The molecule has 0 spiro atoms. The Morgan fingerprint density at radius 2 is 2.20 bits per heavy atom. The third kappa shape index (κ3) is 2.30. The third-order valence-electron chi connectivity index (χ3n) is 3.05. The van der Waals surface area contributed by atoms with E-state index in [0.29, 0.717) is 12.2 Å². The van der Waals surface area contributed by atoms with Crippen molar-refractivity contribution in [2.24, 2.45) is 0 Å². The van der Waals surface area contributed by atoms with E-state index in [9.17, 15) is 4.79 Å². The molecule has 1 N–H and O–H groups in total. The van der Waals surface area contributed by atoms with Crippen molar-refractivity contribution in [1.29, 1.82) is 0 Å². The van der Waals surface area contributed by atoms with Crippen molar-refractivity contribution in [3.05, 3.63) is 45.3 Å². The number of hydrogen-bond acceptors (Lipinski definition) is 5. The van der Waals surface area contributed by atoms with E-state index in [2.05, 4.69) is 10.2 Å². The molecule has 1 aromatic heterocycles. The molecular weight excluding hydrogens is 282 g/mol. The van der Waals surface area contributed by atoms with Gasteiger partial charge in [-0.1, -0.05) is 17.7 Å². The molecule has 0 aliphatic carbocycles. The highest BCUT2D eigenvalue weighted by Crippen LogP contribution is 2.33. The lowest BCUT2D eigenvalue weighted by atomic mass is 10.2. The molecule has 3 rings (SSSR count). The van der Waals surface area contributed by atoms with E-state index in [1.807, 2.05) is 30.1 Å². The zero-order valence-electron chi connectivity index (χ0n) is 10.7. The summed E-state index contributed by atoms with van der Waals surface area (Å²) in [6, 6.07) is 5.72. The molecule has 6 nitrogen and oxygen atoms in total. The molecule has 0 atom stereocenters. The van der Waals surface area contributed by atoms with Gasteiger partial charge in [-0.05, 0) is 17.7 Å². The summed E-state index contributed by atoms with van der Waals surface area (Å²) in [5.74, 6) is 1.47. The van der Waals surface area contributed by atoms with E-state index in [4.69, 9.17) is 21.1 Å². The van der Waals surface area contributed by atoms with Crippen LogP contribution in [0.4, 0.5) is 5.69 Å². The van der Waals surface area contributed by atoms with Crippen molar-refractivity contribution in [1.82, 2.24) is 10.2 Å². The van der Waals surface area contributed by atoms with Gasteiger partial charge in [-0.3, -0.25) is 4.79 Å². The maximum absolute atomic E-state index is 11.4. The van der Waals surface area contributed by atoms with Crippen LogP contribution in [-0.2, 0) is 6.54 Å². The fourth-order valence-electron chi connectivity index (χ4n) is 2.04. The number of benzene rings is 1. The van der Waals surface area contributed by atoms with Crippen LogP contribution < -0.4 is 19.9 Å². The van der Waals surface area contributed by atoms with Gasteiger partial charge in [0, 0.05) is 13.6 Å². The molecule has 0 bridgehead atoms. The second kappa shape index (κ2) is 5.05. The summed E-state index contributed by atoms with van der Waals surface area (Å²) in [6.45, 7) is 0.819. The van der Waals surface area contributed by atoms with Crippen molar-refractivity contribution < 1.29 is 9.47 Å². The maximum atomic E-state index is 11.4. The van der Waals surface area contributed by atoms with Crippen LogP contribution >= 0.6 is 11.6 Å². The van der Waals surface area contributed by atoms with Gasteiger partial charge in [0.25, 0.3) is 5.56 Å². The molecule has 1 aliphatic rings. The van der Waals surface area contributed by atoms with Crippen molar-refractivity contribution in [2.75, 3.05) is 18.7 Å². The number of nitrogens with one attached hydrogen (secondary N) is 1. The van der Waals surface area contributed by atoms with E-state index >= 15 is 0 Å². The first-order valence-corrected chi connectivity index (χ1v) is 6.36. The quantitative estimate of drug-likeness (QED) is 0.934. The standard InChI is InChI=1S/C13H12ClN3O3/c1-17(9-5-15-16-13(18)12(9)14)6-8-2-3-10-11(4-8)20-7-19-10/h2-5H,6-7H2,1H3,(H,16,18). The lowest BCUT2D eigenvalue weighted by Crippen LogP contribution is -2.21. The number of ether oxygens (including phenoxy) is 2. The zero-order chi connectivity index (χ0) is 14.1. The summed E-state index contributed by atoms with van der Waals surface area (Å²) in [7, 11) is 1.84. The number of halogens is 1. The predicted molar refractivity (Wildman–Crippen MR) is 74.5 cm³/mol. The fourth-order valence-corrected chi connectivity index (χ4v) is 2.27. The summed E-state index contributed by atoms with van der Waals surface area (Å²) in [5, 5.41) is 6.18. The van der Waals surface area contributed by atoms with Gasteiger partial charge in [0.05, 0.1) is 11.9 Å². The first-order chi connectivity index (χ1) is 9.65. The monoisotopic (exact) mass is 293 g/mol. The highest BCUT2D eigenvalue weighted by Gasteiger charge is 2.15. The number of H-pyrrole nitrogens is 1. The molecule has 2 heterocycles. The van der Waals surface area contributed by atoms with E-state index in [1.165, 1.54) is 6.20 Å². The predicted octanol–water partition coefficient (Wildman–Crippen LogP) is 1.79. The normalized spacial score (nSPS) is 12.5. The molecule has 20 heavy (non-hydrogen) atoms. The Morgan fingerprint density at radius 1 is 1.40 bits per heavy atom. The third-order valence-corrected chi connectivity index (χ3v) is 3.41. The number of rotatable bonds is 3. The second-order valence-electron chi connectivity index (χ2n) is 4.44. The van der Waals surface area contributed by atoms with E-state index in [0.717, 1.165) is 17.1 Å². The number of nitrogens with zero attached hydrogens (tertiary/aromatic N) is 2. The average molecular weight is 294 g/mol. The van der Waals surface area contributed by atoms with Crippen LogP contribution in [0.25, 0.3) is 0 Å². The average Bonchev–Trinajstić information content (AvgIpc) is 2.89. The number of fused-ring (bicyclic) bond motifs is 1. The molecule has 2 aromatic rings. The first-order valence-electron chi connectivity index (χ1n) is 5.98. The van der Waals surface area contributed by atoms with Gasteiger partial charge in [-0.2, -0.15) is 5.10 Å². The summed E-state index contributed by atoms with van der Waals surface area (Å²) >= 11 is 5.98. The lowest BCUT2D eigenvalue weighted by Gasteiger charge is -2.19. The van der Waals surface area contributed by atoms with Gasteiger partial charge < -0.3 is 14.4 Å². The van der Waals surface area contributed by atoms with E-state index in [-0.39, 0.29) is 11.8 Å². The Morgan fingerprint density at radius 3 is 3.05 bits per heavy atom. The van der Waals surface area contributed by atoms with Gasteiger partial charge in [0.1, 0.15) is 5.02 Å². The maximum Gasteiger partial charge on any atom is 0.285 e. The number of aromatic nitrogens is 2. The largest absolute Gasteiger partial charge is 0.454 e. The minimum absolute atomic E-state index is 0.128. The van der Waals surface area contributed by atoms with E-state index in [1.54, 1.807) is 0 Å². The van der Waals surface area contributed by atoms with Crippen molar-refractivity contribution in [3.63, 3.8) is 0 Å². The number of anilines is 1. The van der Waals surface area contributed by atoms with Gasteiger partial charge in [0.15, 0.2) is 11.5 Å². The van der Waals surface area contributed by atoms with Crippen LogP contribution in [0.3, 0.4) is 0 Å². The SMILES string of the molecule is CN(Cc1ccc2c(c1)OCO2)c1cn[nH]c(=O)c1Cl. The minimum atomic E-state index is -0.401. The molecule has 1 aromatic carbocycles. The highest BCUT2D eigenvalue weighted by atomic mass is 35.5. The summed E-state index contributed by atoms with van der Waals surface area (Å²) in [5.41, 5.74) is 1.20. The van der Waals surface area contributed by atoms with Crippen molar-refractivity contribution >= 4 is 17.3 Å². The molecular formula is C13H12ClN3O3. The molecule has 0 fully saturated rings. The number of hydrogen-bond donors (Lipinski definition) is 1. The zero-order valence-corrected chi connectivity index (χ0v) is 11.5. The molecule has 0 unspecified atom stereocenters. The molecule has 0 saturated heterocycles. The number of aromatic amines is 1. The molecule has 104 valence electrons. The Balaban J connectivity index is 1.84. The molecule has 0 saturated carbocycles. The van der Waals surface area contributed by atoms with Gasteiger partial charge in [0.2, 0.25) is 6.79 Å². The minimum Gasteiger partial charge on any atom is -0.454 e. The lowest BCUT2D eigenvalue weighted by molar-refractivity contribution is 0.174. The van der Waals surface area contributed by atoms with Crippen LogP contribution in [0, 0.1) is 0 Å². The van der Waals surface area contributed by atoms with Gasteiger partial charge in [-0.25, -0.2) is 5.10 Å². The first kappa shape index (κ1) is 12.8. The smallest absolute Gasteiger partial charge is 0.285 e. The Labute approximate surface area is 119 Å². The van der Waals surface area contributed by atoms with Crippen LogP contribution in [0.1, 0.15) is 5.56 Å². The second-order valence-corrected chi connectivity index (χ2v) is 4.82. The molecule has 0 amide bonds. The Bertz CT molecular complexity index is 702. The van der Waals surface area contributed by atoms with Gasteiger partial charge >= 0.3 is 0 Å². The highest BCUT2D eigenvalue weighted by molar-refractivity contribution is 6.32. The van der Waals surface area contributed by atoms with Crippen LogP contribution in [0.2, 0.25) is 5.02 Å². The van der Waals surface area contributed by atoms with Gasteiger partial charge in [-0.15, -0.1) is 0 Å². The van der Waals surface area contributed by atoms with Crippen molar-refractivity contribution in [2.45, 2.75) is 6.54 Å². The van der Waals surface area contributed by atoms with Crippen LogP contribution in [0.5, 0.6) is 11.5 Å². The van der Waals surface area contributed by atoms with E-state index < -0.39 is 5.56 Å². The van der Waals surface area contributed by atoms with Crippen molar-refractivity contribution in [3.8, 4) is 11.5 Å². The molecule has 7 heteroatoms. The molecule has 1 aliphatic heterocycles. The van der Waals surface area contributed by atoms with Crippen LogP contribution in [-0.4, -0.2) is 24.0 Å². The summed E-state index contributed by atoms with van der Waals surface area (Å²) < 4.78 is 10.6. The Kier molecular flexibility index (Phi) is 3.23. The summed E-state index contributed by atoms with van der Waals surface area (Å²) in [4.78, 5) is 13.3. The summed E-state index contributed by atoms with van der Waals surface area (Å²) in [6.07, 6.45) is 1.52.